The Hall–Kier alpha value is -3.60. The molecule has 0 spiro atoms. The summed E-state index contributed by atoms with van der Waals surface area (Å²) in [5.74, 6) is -0.0653. The molecule has 12 heteroatoms. The highest BCUT2D eigenvalue weighted by Gasteiger charge is 2.31. The predicted octanol–water partition coefficient (Wildman–Crippen LogP) is 6.17. The van der Waals surface area contributed by atoms with E-state index in [1.165, 1.54) is 42.5 Å². The van der Waals surface area contributed by atoms with E-state index in [9.17, 15) is 23.3 Å². The van der Waals surface area contributed by atoms with Crippen molar-refractivity contribution >= 4 is 34.7 Å². The van der Waals surface area contributed by atoms with Crippen LogP contribution in [0.15, 0.2) is 48.5 Å². The molecule has 2 aromatic carbocycles. The molecule has 0 saturated carbocycles. The van der Waals surface area contributed by atoms with Gasteiger partial charge in [-0.3, -0.25) is 10.1 Å². The molecule has 3 aromatic rings. The van der Waals surface area contributed by atoms with E-state index in [0.29, 0.717) is 5.56 Å². The number of anilines is 3. The van der Waals surface area contributed by atoms with Crippen molar-refractivity contribution in [2.45, 2.75) is 26.3 Å². The molecule has 0 amide bonds. The maximum Gasteiger partial charge on any atom is 0.573 e. The average Bonchev–Trinajstić information content (AvgIpc) is 2.66. The summed E-state index contributed by atoms with van der Waals surface area (Å²) in [5.41, 5.74) is 0.456. The summed E-state index contributed by atoms with van der Waals surface area (Å²) in [6, 6.07) is 10.7. The second-order valence-electron chi connectivity index (χ2n) is 6.88. The Morgan fingerprint density at radius 2 is 1.88 bits per heavy atom. The first-order chi connectivity index (χ1) is 15.0. The van der Waals surface area contributed by atoms with Gasteiger partial charge < -0.3 is 15.4 Å². The number of hydrogen-bond acceptors (Lipinski definition) is 7. The van der Waals surface area contributed by atoms with Gasteiger partial charge >= 0.3 is 6.36 Å². The van der Waals surface area contributed by atoms with Gasteiger partial charge in [-0.05, 0) is 38.1 Å². The van der Waals surface area contributed by atoms with Gasteiger partial charge in [-0.25, -0.2) is 4.98 Å². The zero-order valence-corrected chi connectivity index (χ0v) is 17.5. The molecule has 0 fully saturated rings. The summed E-state index contributed by atoms with van der Waals surface area (Å²) in [4.78, 5) is 19.4. The Morgan fingerprint density at radius 3 is 2.53 bits per heavy atom. The number of nitrogens with one attached hydrogen (secondary N) is 2. The lowest BCUT2D eigenvalue weighted by molar-refractivity contribution is -0.383. The third kappa shape index (κ3) is 6.20. The van der Waals surface area contributed by atoms with Crippen LogP contribution in [0, 0.1) is 10.1 Å². The number of rotatable bonds is 7. The van der Waals surface area contributed by atoms with E-state index in [1.807, 2.05) is 13.8 Å². The zero-order chi connectivity index (χ0) is 23.5. The number of aromatic nitrogens is 2. The van der Waals surface area contributed by atoms with E-state index in [-0.39, 0.29) is 39.9 Å². The normalized spacial score (nSPS) is 11.3. The largest absolute Gasteiger partial charge is 0.573 e. The first-order valence-corrected chi connectivity index (χ1v) is 9.61. The van der Waals surface area contributed by atoms with E-state index >= 15 is 0 Å². The Kier molecular flexibility index (Phi) is 6.68. The van der Waals surface area contributed by atoms with Gasteiger partial charge in [-0.15, -0.1) is 13.2 Å². The van der Waals surface area contributed by atoms with Gasteiger partial charge in [0.15, 0.2) is 0 Å². The van der Waals surface area contributed by atoms with Crippen LogP contribution in [0.4, 0.5) is 36.3 Å². The number of nitro groups is 1. The Labute approximate surface area is 185 Å². The number of alkyl halides is 3. The molecule has 0 aliphatic carbocycles. The smallest absolute Gasteiger partial charge is 0.406 e. The number of benzene rings is 2. The van der Waals surface area contributed by atoms with Crippen LogP contribution in [0.25, 0.3) is 11.3 Å². The van der Waals surface area contributed by atoms with E-state index in [1.54, 1.807) is 6.07 Å². The van der Waals surface area contributed by atoms with E-state index in [2.05, 4.69) is 25.3 Å². The lowest BCUT2D eigenvalue weighted by Crippen LogP contribution is -2.17. The van der Waals surface area contributed by atoms with Crippen molar-refractivity contribution in [3.63, 3.8) is 0 Å². The van der Waals surface area contributed by atoms with Gasteiger partial charge in [-0.2, -0.15) is 4.98 Å². The molecule has 0 unspecified atom stereocenters. The molecule has 0 atom stereocenters. The van der Waals surface area contributed by atoms with Crippen LogP contribution in [0.5, 0.6) is 5.75 Å². The minimum absolute atomic E-state index is 0.0569. The van der Waals surface area contributed by atoms with Gasteiger partial charge in [-0.1, -0.05) is 23.7 Å². The van der Waals surface area contributed by atoms with Crippen LogP contribution in [-0.4, -0.2) is 27.3 Å². The minimum atomic E-state index is -4.84. The molecule has 168 valence electrons. The van der Waals surface area contributed by atoms with Gasteiger partial charge in [0.05, 0.1) is 10.6 Å². The number of ether oxygens (including phenoxy) is 1. The number of halogens is 4. The molecule has 0 aliphatic rings. The molecule has 0 aliphatic heterocycles. The molecule has 0 saturated heterocycles. The van der Waals surface area contributed by atoms with Gasteiger partial charge in [0.1, 0.15) is 17.3 Å². The molecule has 1 heterocycles. The minimum Gasteiger partial charge on any atom is -0.406 e. The van der Waals surface area contributed by atoms with Crippen LogP contribution in [-0.2, 0) is 0 Å². The lowest BCUT2D eigenvalue weighted by Gasteiger charge is -2.14. The maximum atomic E-state index is 12.6. The third-order valence-corrected chi connectivity index (χ3v) is 4.16. The Bertz CT molecular complexity index is 1140. The highest BCUT2D eigenvalue weighted by atomic mass is 35.5. The van der Waals surface area contributed by atoms with Gasteiger partial charge in [0.2, 0.25) is 5.95 Å². The molecule has 32 heavy (non-hydrogen) atoms. The predicted molar refractivity (Wildman–Crippen MR) is 114 cm³/mol. The van der Waals surface area contributed by atoms with E-state index in [0.717, 1.165) is 0 Å². The number of nitrogens with zero attached hydrogens (tertiary/aromatic N) is 3. The van der Waals surface area contributed by atoms with Crippen molar-refractivity contribution < 1.29 is 22.8 Å². The summed E-state index contributed by atoms with van der Waals surface area (Å²) in [6.07, 6.45) is -4.84. The standard InChI is InChI=1S/C20H17ClF3N5O3/c1-11(2)25-19-27-15(12-4-3-5-14(8-12)32-20(22,23)24)10-18(28-19)26-16-9-13(21)6-7-17(16)29(30)31/h3-11H,1-2H3,(H2,25,26,27,28). The fourth-order valence-corrected chi connectivity index (χ4v) is 2.91. The molecule has 2 N–H and O–H groups in total. The average molecular weight is 468 g/mol. The highest BCUT2D eigenvalue weighted by molar-refractivity contribution is 6.31. The summed E-state index contributed by atoms with van der Waals surface area (Å²) in [5, 5.41) is 17.5. The van der Waals surface area contributed by atoms with Crippen molar-refractivity contribution in [2.75, 3.05) is 10.6 Å². The van der Waals surface area contributed by atoms with Crippen LogP contribution in [0.1, 0.15) is 13.8 Å². The van der Waals surface area contributed by atoms with E-state index in [4.69, 9.17) is 11.6 Å². The highest BCUT2D eigenvalue weighted by Crippen LogP contribution is 2.32. The summed E-state index contributed by atoms with van der Waals surface area (Å²) >= 11 is 5.97. The van der Waals surface area contributed by atoms with E-state index < -0.39 is 17.0 Å². The van der Waals surface area contributed by atoms with Crippen LogP contribution in [0.3, 0.4) is 0 Å². The number of nitro benzene ring substituents is 1. The number of hydrogen-bond donors (Lipinski definition) is 2. The van der Waals surface area contributed by atoms with Crippen LogP contribution in [0.2, 0.25) is 5.02 Å². The van der Waals surface area contributed by atoms with Crippen molar-refractivity contribution in [3.05, 3.63) is 63.7 Å². The monoisotopic (exact) mass is 467 g/mol. The molecule has 0 bridgehead atoms. The Balaban J connectivity index is 2.05. The van der Waals surface area contributed by atoms with Crippen LogP contribution >= 0.6 is 11.6 Å². The molecular formula is C20H17ClF3N5O3. The third-order valence-electron chi connectivity index (χ3n) is 3.93. The maximum absolute atomic E-state index is 12.6. The second kappa shape index (κ2) is 9.27. The zero-order valence-electron chi connectivity index (χ0n) is 16.8. The second-order valence-corrected chi connectivity index (χ2v) is 7.32. The van der Waals surface area contributed by atoms with Gasteiger partial charge in [0, 0.05) is 28.8 Å². The Morgan fingerprint density at radius 1 is 1.12 bits per heavy atom. The molecular weight excluding hydrogens is 451 g/mol. The van der Waals surface area contributed by atoms with Crippen molar-refractivity contribution in [1.29, 1.82) is 0 Å². The molecule has 3 rings (SSSR count). The first kappa shape index (κ1) is 23.1. The SMILES string of the molecule is CC(C)Nc1nc(Nc2cc(Cl)ccc2[N+](=O)[O-])cc(-c2cccc(OC(F)(F)F)c2)n1. The summed E-state index contributed by atoms with van der Waals surface area (Å²) in [7, 11) is 0. The molecule has 8 nitrogen and oxygen atoms in total. The topological polar surface area (TPSA) is 102 Å². The van der Waals surface area contributed by atoms with Gasteiger partial charge in [0.25, 0.3) is 5.69 Å². The van der Waals surface area contributed by atoms with Crippen molar-refractivity contribution in [1.82, 2.24) is 9.97 Å². The fraction of sp³-hybridized carbons (Fsp3) is 0.200. The summed E-state index contributed by atoms with van der Waals surface area (Å²) in [6.45, 7) is 3.70. The molecule has 1 aromatic heterocycles. The van der Waals surface area contributed by atoms with Crippen LogP contribution < -0.4 is 15.4 Å². The van der Waals surface area contributed by atoms with Crippen molar-refractivity contribution in [3.8, 4) is 17.0 Å². The quantitative estimate of drug-likeness (QED) is 0.316. The first-order valence-electron chi connectivity index (χ1n) is 9.23. The lowest BCUT2D eigenvalue weighted by atomic mass is 10.1. The molecule has 0 radical (unpaired) electrons. The van der Waals surface area contributed by atoms with Crippen molar-refractivity contribution in [2.24, 2.45) is 0 Å². The summed E-state index contributed by atoms with van der Waals surface area (Å²) < 4.78 is 41.7. The fourth-order valence-electron chi connectivity index (χ4n) is 2.74.